The lowest BCUT2D eigenvalue weighted by molar-refractivity contribution is -0.147. The molecule has 2 aromatic rings. The van der Waals surface area contributed by atoms with Gasteiger partial charge in [-0.1, -0.05) is 6.92 Å². The molecule has 0 aromatic carbocycles. The third-order valence-corrected chi connectivity index (χ3v) is 5.52. The lowest BCUT2D eigenvalue weighted by Crippen LogP contribution is -2.57. The maximum atomic E-state index is 12.9. The van der Waals surface area contributed by atoms with Crippen LogP contribution < -0.4 is 0 Å². The Balaban J connectivity index is 1.56. The molecule has 2 aromatic heterocycles. The Morgan fingerprint density at radius 3 is 2.93 bits per heavy atom. The largest absolute Gasteiger partial charge is 0.469 e. The SMILES string of the molecule is CC[C@H]1[C@@H](C(=O)OC)C[C@H]2CN(C(=O)c3ccn4ncnc4c3)CC(=O)N21. The summed E-state index contributed by atoms with van der Waals surface area (Å²) in [6.07, 6.45) is 4.29. The molecule has 0 unspecified atom stereocenters. The molecule has 2 aliphatic rings. The monoisotopic (exact) mass is 371 g/mol. The molecule has 9 nitrogen and oxygen atoms in total. The molecule has 4 rings (SSSR count). The van der Waals surface area contributed by atoms with Crippen LogP contribution in [0.4, 0.5) is 0 Å². The van der Waals surface area contributed by atoms with E-state index >= 15 is 0 Å². The predicted octanol–water partition coefficient (Wildman–Crippen LogP) is 0.354. The Hall–Kier alpha value is -2.97. The average molecular weight is 371 g/mol. The minimum absolute atomic E-state index is 0.0115. The van der Waals surface area contributed by atoms with Gasteiger partial charge in [0.25, 0.3) is 5.91 Å². The quantitative estimate of drug-likeness (QED) is 0.723. The normalized spacial score (nSPS) is 25.0. The van der Waals surface area contributed by atoms with Crippen LogP contribution in [0.25, 0.3) is 5.65 Å². The van der Waals surface area contributed by atoms with Crippen molar-refractivity contribution in [1.29, 1.82) is 0 Å². The molecule has 4 heterocycles. The first kappa shape index (κ1) is 17.4. The van der Waals surface area contributed by atoms with E-state index in [0.717, 1.165) is 0 Å². The van der Waals surface area contributed by atoms with E-state index in [1.165, 1.54) is 13.4 Å². The number of fused-ring (bicyclic) bond motifs is 2. The number of pyridine rings is 1. The summed E-state index contributed by atoms with van der Waals surface area (Å²) < 4.78 is 6.48. The number of amides is 2. The minimum atomic E-state index is -0.337. The molecule has 0 spiro atoms. The number of aromatic nitrogens is 3. The van der Waals surface area contributed by atoms with Gasteiger partial charge in [-0.15, -0.1) is 0 Å². The van der Waals surface area contributed by atoms with E-state index in [9.17, 15) is 14.4 Å². The number of hydrogen-bond donors (Lipinski definition) is 0. The summed E-state index contributed by atoms with van der Waals surface area (Å²) in [5.74, 6) is -0.972. The Kier molecular flexibility index (Phi) is 4.29. The summed E-state index contributed by atoms with van der Waals surface area (Å²) in [6.45, 7) is 2.38. The van der Waals surface area contributed by atoms with Crippen molar-refractivity contribution in [2.75, 3.05) is 20.2 Å². The van der Waals surface area contributed by atoms with Gasteiger partial charge in [-0.3, -0.25) is 14.4 Å². The number of ether oxygens (including phenoxy) is 1. The second-order valence-corrected chi connectivity index (χ2v) is 6.96. The number of carbonyl (C=O) groups is 3. The van der Waals surface area contributed by atoms with Gasteiger partial charge in [0.2, 0.25) is 5.91 Å². The van der Waals surface area contributed by atoms with Gasteiger partial charge >= 0.3 is 5.97 Å². The fourth-order valence-corrected chi connectivity index (χ4v) is 4.31. The number of piperazine rings is 1. The standard InChI is InChI=1S/C18H21N5O4/c1-3-14-13(18(26)27-2)7-12-8-21(9-16(24)23(12)14)17(25)11-4-5-22-15(6-11)19-10-20-22/h4-6,10,12-14H,3,7-9H2,1-2H3/t12-,13-,14-/m0/s1. The van der Waals surface area contributed by atoms with Crippen LogP contribution in [0.5, 0.6) is 0 Å². The zero-order valence-corrected chi connectivity index (χ0v) is 15.2. The van der Waals surface area contributed by atoms with E-state index < -0.39 is 0 Å². The number of nitrogens with zero attached hydrogens (tertiary/aromatic N) is 5. The van der Waals surface area contributed by atoms with Gasteiger partial charge in [0, 0.05) is 24.3 Å². The maximum Gasteiger partial charge on any atom is 0.310 e. The van der Waals surface area contributed by atoms with Crippen LogP contribution in [-0.2, 0) is 14.3 Å². The highest BCUT2D eigenvalue weighted by molar-refractivity contribution is 5.98. The number of carbonyl (C=O) groups excluding carboxylic acids is 3. The highest BCUT2D eigenvalue weighted by Gasteiger charge is 2.49. The molecule has 2 fully saturated rings. The van der Waals surface area contributed by atoms with E-state index in [2.05, 4.69) is 10.1 Å². The molecular weight excluding hydrogens is 350 g/mol. The van der Waals surface area contributed by atoms with Crippen molar-refractivity contribution >= 4 is 23.4 Å². The average Bonchev–Trinajstić information content (AvgIpc) is 3.30. The molecule has 2 amide bonds. The molecule has 2 aliphatic heterocycles. The van der Waals surface area contributed by atoms with Crippen LogP contribution in [0.3, 0.4) is 0 Å². The van der Waals surface area contributed by atoms with Crippen molar-refractivity contribution in [3.05, 3.63) is 30.2 Å². The summed E-state index contributed by atoms with van der Waals surface area (Å²) in [5, 5.41) is 4.01. The van der Waals surface area contributed by atoms with Crippen molar-refractivity contribution < 1.29 is 19.1 Å². The zero-order valence-electron chi connectivity index (χ0n) is 15.2. The van der Waals surface area contributed by atoms with Crippen molar-refractivity contribution in [3.63, 3.8) is 0 Å². The summed E-state index contributed by atoms with van der Waals surface area (Å²) >= 11 is 0. The Morgan fingerprint density at radius 2 is 2.19 bits per heavy atom. The summed E-state index contributed by atoms with van der Waals surface area (Å²) in [4.78, 5) is 45.2. The molecule has 9 heteroatoms. The molecule has 2 saturated heterocycles. The second kappa shape index (κ2) is 6.64. The number of hydrogen-bond acceptors (Lipinski definition) is 6. The first-order valence-electron chi connectivity index (χ1n) is 9.01. The van der Waals surface area contributed by atoms with Crippen molar-refractivity contribution in [2.45, 2.75) is 31.8 Å². The summed E-state index contributed by atoms with van der Waals surface area (Å²) in [6, 6.07) is 3.00. The first-order chi connectivity index (χ1) is 13.0. The van der Waals surface area contributed by atoms with Crippen molar-refractivity contribution in [2.24, 2.45) is 5.92 Å². The van der Waals surface area contributed by atoms with Crippen molar-refractivity contribution in [1.82, 2.24) is 24.4 Å². The minimum Gasteiger partial charge on any atom is -0.469 e. The smallest absolute Gasteiger partial charge is 0.310 e. The Morgan fingerprint density at radius 1 is 1.37 bits per heavy atom. The highest BCUT2D eigenvalue weighted by atomic mass is 16.5. The number of esters is 1. The van der Waals surface area contributed by atoms with Crippen LogP contribution in [0.2, 0.25) is 0 Å². The number of methoxy groups -OCH3 is 1. The van der Waals surface area contributed by atoms with E-state index in [1.807, 2.05) is 6.92 Å². The molecule has 0 bridgehead atoms. The topological polar surface area (TPSA) is 97.1 Å². The Labute approximate surface area is 155 Å². The molecule has 0 aliphatic carbocycles. The maximum absolute atomic E-state index is 12.9. The van der Waals surface area contributed by atoms with Gasteiger partial charge in [0.05, 0.1) is 19.1 Å². The van der Waals surface area contributed by atoms with Gasteiger partial charge < -0.3 is 14.5 Å². The van der Waals surface area contributed by atoms with E-state index in [1.54, 1.807) is 32.6 Å². The first-order valence-corrected chi connectivity index (χ1v) is 9.01. The van der Waals surface area contributed by atoms with Gasteiger partial charge in [0.15, 0.2) is 5.65 Å². The lowest BCUT2D eigenvalue weighted by Gasteiger charge is -2.39. The van der Waals surface area contributed by atoms with Gasteiger partial charge in [-0.2, -0.15) is 5.10 Å². The fraction of sp³-hybridized carbons (Fsp3) is 0.500. The van der Waals surface area contributed by atoms with Crippen LogP contribution >= 0.6 is 0 Å². The van der Waals surface area contributed by atoms with Crippen LogP contribution in [0.1, 0.15) is 30.1 Å². The molecule has 0 N–H and O–H groups in total. The zero-order chi connectivity index (χ0) is 19.1. The molecule has 0 saturated carbocycles. The molecule has 27 heavy (non-hydrogen) atoms. The van der Waals surface area contributed by atoms with Gasteiger partial charge in [0.1, 0.15) is 12.9 Å². The highest BCUT2D eigenvalue weighted by Crippen LogP contribution is 2.35. The van der Waals surface area contributed by atoms with E-state index in [0.29, 0.717) is 30.6 Å². The third kappa shape index (κ3) is 2.83. The predicted molar refractivity (Wildman–Crippen MR) is 93.7 cm³/mol. The van der Waals surface area contributed by atoms with Crippen LogP contribution in [-0.4, -0.2) is 74.5 Å². The van der Waals surface area contributed by atoms with Crippen molar-refractivity contribution in [3.8, 4) is 0 Å². The third-order valence-electron chi connectivity index (χ3n) is 5.52. The molecule has 3 atom stereocenters. The summed E-state index contributed by atoms with van der Waals surface area (Å²) in [7, 11) is 1.37. The van der Waals surface area contributed by atoms with E-state index in [4.69, 9.17) is 4.74 Å². The molecule has 142 valence electrons. The second-order valence-electron chi connectivity index (χ2n) is 6.96. The van der Waals surface area contributed by atoms with Gasteiger partial charge in [-0.25, -0.2) is 9.50 Å². The van der Waals surface area contributed by atoms with Crippen LogP contribution in [0.15, 0.2) is 24.7 Å². The van der Waals surface area contributed by atoms with E-state index in [-0.39, 0.29) is 42.3 Å². The fourth-order valence-electron chi connectivity index (χ4n) is 4.31. The Bertz CT molecular complexity index is 910. The molecule has 0 radical (unpaired) electrons. The van der Waals surface area contributed by atoms with Gasteiger partial charge in [-0.05, 0) is 25.0 Å². The number of rotatable bonds is 3. The lowest BCUT2D eigenvalue weighted by atomic mass is 9.97. The van der Waals surface area contributed by atoms with Crippen LogP contribution in [0, 0.1) is 5.92 Å². The molecular formula is C18H21N5O4. The summed E-state index contributed by atoms with van der Waals surface area (Å²) in [5.41, 5.74) is 1.04.